The van der Waals surface area contributed by atoms with Gasteiger partial charge < -0.3 is 14.6 Å². The Balaban J connectivity index is 2.00. The second-order valence-corrected chi connectivity index (χ2v) is 12.7. The molecule has 3 aromatic rings. The van der Waals surface area contributed by atoms with Crippen LogP contribution < -0.4 is 31.7 Å². The molecule has 3 rings (SSSR count). The van der Waals surface area contributed by atoms with Crippen molar-refractivity contribution in [3.63, 3.8) is 0 Å². The van der Waals surface area contributed by atoms with Gasteiger partial charge in [-0.3, -0.25) is 33.3 Å². The van der Waals surface area contributed by atoms with Gasteiger partial charge >= 0.3 is 25.3 Å². The summed E-state index contributed by atoms with van der Waals surface area (Å²) in [6.45, 7) is 6.70. The van der Waals surface area contributed by atoms with Crippen LogP contribution in [0.5, 0.6) is 11.6 Å². The van der Waals surface area contributed by atoms with Crippen LogP contribution in [0.4, 0.5) is 0 Å². The van der Waals surface area contributed by atoms with Crippen LogP contribution >= 0.6 is 30.9 Å². The minimum absolute atomic E-state index is 0.0253. The van der Waals surface area contributed by atoms with E-state index in [1.54, 1.807) is 26.8 Å². The Morgan fingerprint density at radius 2 is 1.70 bits per heavy atom. The van der Waals surface area contributed by atoms with Crippen LogP contribution in [0.2, 0.25) is 10.0 Å². The second kappa shape index (κ2) is 15.5. The lowest BCUT2D eigenvalue weighted by atomic mass is 10.1. The van der Waals surface area contributed by atoms with E-state index in [0.717, 1.165) is 4.68 Å². The predicted octanol–water partition coefficient (Wildman–Crippen LogP) is 2.26. The van der Waals surface area contributed by atoms with Gasteiger partial charge in [0.2, 0.25) is 11.6 Å². The summed E-state index contributed by atoms with van der Waals surface area (Å²) in [5.41, 5.74) is -3.07. The van der Waals surface area contributed by atoms with Crippen LogP contribution in [0.15, 0.2) is 32.6 Å². The second-order valence-electron chi connectivity index (χ2n) is 9.97. The quantitative estimate of drug-likeness (QED) is 0.138. The normalized spacial score (nSPS) is 13.8. The van der Waals surface area contributed by atoms with Crippen LogP contribution in [0.1, 0.15) is 51.8 Å². The monoisotopic (exact) mass is 714 g/mol. The maximum Gasteiger partial charge on any atom is 0.349 e. The van der Waals surface area contributed by atoms with E-state index in [1.165, 1.54) is 32.0 Å². The summed E-state index contributed by atoms with van der Waals surface area (Å²) in [4.78, 5) is 62.9. The third-order valence-corrected chi connectivity index (χ3v) is 8.56. The number of nitrogens with one attached hydrogen (secondary N) is 3. The molecular formula is C26H29Cl2N8O10P. The SMILES string of the molecule is CCOC(=O)C(C)NP(=O)(NC(C)C(=O)O)OCn1nc(Oc2c(Cl)cc(-n3nc(C#N)c(=O)[nH]c3=O)cc2Cl)cc(C(C)C)c1=O. The number of esters is 1. The van der Waals surface area contributed by atoms with E-state index in [1.807, 2.05) is 4.98 Å². The number of aromatic nitrogens is 5. The number of nitriles is 1. The van der Waals surface area contributed by atoms with Crippen molar-refractivity contribution in [1.82, 2.24) is 34.7 Å². The molecule has 4 N–H and O–H groups in total. The Bertz CT molecular complexity index is 1930. The first-order valence-electron chi connectivity index (χ1n) is 13.6. The molecule has 0 spiro atoms. The molecule has 3 unspecified atom stereocenters. The van der Waals surface area contributed by atoms with Gasteiger partial charge in [-0.2, -0.15) is 14.6 Å². The topological polar surface area (TPSA) is 250 Å². The molecule has 21 heteroatoms. The molecule has 0 amide bonds. The number of aliphatic carboxylic acids is 1. The number of carbonyl (C=O) groups excluding carboxylic acids is 1. The minimum atomic E-state index is -4.37. The lowest BCUT2D eigenvalue weighted by molar-refractivity contribution is -0.144. The van der Waals surface area contributed by atoms with Crippen molar-refractivity contribution in [1.29, 1.82) is 5.26 Å². The van der Waals surface area contributed by atoms with Gasteiger partial charge in [0.15, 0.2) is 12.5 Å². The Kier molecular flexibility index (Phi) is 12.2. The number of carboxylic acids is 1. The lowest BCUT2D eigenvalue weighted by Gasteiger charge is -2.25. The fourth-order valence-corrected chi connectivity index (χ4v) is 6.02. The Morgan fingerprint density at radius 1 is 1.09 bits per heavy atom. The van der Waals surface area contributed by atoms with Crippen molar-refractivity contribution in [2.45, 2.75) is 59.4 Å². The average Bonchev–Trinajstić information content (AvgIpc) is 2.98. The van der Waals surface area contributed by atoms with Crippen molar-refractivity contribution in [3.8, 4) is 23.4 Å². The number of aromatic amines is 1. The van der Waals surface area contributed by atoms with E-state index in [4.69, 9.17) is 42.5 Å². The first-order chi connectivity index (χ1) is 22.0. The van der Waals surface area contributed by atoms with E-state index in [-0.39, 0.29) is 45.5 Å². The van der Waals surface area contributed by atoms with Crippen LogP contribution in [0.3, 0.4) is 0 Å². The predicted molar refractivity (Wildman–Crippen MR) is 166 cm³/mol. The highest BCUT2D eigenvalue weighted by Gasteiger charge is 2.33. The molecule has 0 aliphatic heterocycles. The van der Waals surface area contributed by atoms with Crippen LogP contribution in [-0.4, -0.2) is 60.3 Å². The van der Waals surface area contributed by atoms with Crippen molar-refractivity contribution in [2.75, 3.05) is 6.61 Å². The standard InChI is InChI=1S/C26H29Cl2N8O10P/c1-6-44-25(41)14(5)34-47(43,33-13(4)24(39)40)45-11-35-23(38)16(12(2)3)9-20(32-35)46-21-17(27)7-15(8-18(21)28)36-26(42)30-22(37)19(10-29)31-36/h7-9,12-14H,6,11H2,1-5H3,(H,39,40)(H,30,37,42)(H2,33,34,43). The zero-order valence-electron chi connectivity index (χ0n) is 25.4. The summed E-state index contributed by atoms with van der Waals surface area (Å²) in [5.74, 6) is -2.96. The van der Waals surface area contributed by atoms with Crippen LogP contribution in [0, 0.1) is 11.3 Å². The largest absolute Gasteiger partial charge is 0.480 e. The summed E-state index contributed by atoms with van der Waals surface area (Å²) >= 11 is 12.8. The summed E-state index contributed by atoms with van der Waals surface area (Å²) in [5, 5.41) is 30.6. The lowest BCUT2D eigenvalue weighted by Crippen LogP contribution is -2.42. The summed E-state index contributed by atoms with van der Waals surface area (Å²) in [7, 11) is -4.37. The fraction of sp³-hybridized carbons (Fsp3) is 0.385. The molecule has 0 fully saturated rings. The number of nitrogens with zero attached hydrogens (tertiary/aromatic N) is 5. The highest BCUT2D eigenvalue weighted by atomic mass is 35.5. The minimum Gasteiger partial charge on any atom is -0.480 e. The summed E-state index contributed by atoms with van der Waals surface area (Å²) in [6.07, 6.45) is 0. The maximum absolute atomic E-state index is 13.7. The van der Waals surface area contributed by atoms with Gasteiger partial charge in [0, 0.05) is 11.6 Å². The first-order valence-corrected chi connectivity index (χ1v) is 16.0. The van der Waals surface area contributed by atoms with E-state index in [9.17, 15) is 33.6 Å². The van der Waals surface area contributed by atoms with Crippen LogP contribution in [-0.2, 0) is 30.1 Å². The molecule has 2 heterocycles. The number of carbonyl (C=O) groups is 2. The zero-order valence-corrected chi connectivity index (χ0v) is 27.8. The smallest absolute Gasteiger partial charge is 0.349 e. The van der Waals surface area contributed by atoms with Crippen LogP contribution in [0.25, 0.3) is 5.69 Å². The van der Waals surface area contributed by atoms with Gasteiger partial charge in [0.25, 0.3) is 11.1 Å². The van der Waals surface area contributed by atoms with Gasteiger partial charge in [-0.15, -0.1) is 10.2 Å². The van der Waals surface area contributed by atoms with Gasteiger partial charge in [-0.05, 0) is 38.8 Å². The van der Waals surface area contributed by atoms with E-state index < -0.39 is 60.9 Å². The molecule has 47 heavy (non-hydrogen) atoms. The van der Waals surface area contributed by atoms with Crippen molar-refractivity contribution in [2.24, 2.45) is 0 Å². The summed E-state index contributed by atoms with van der Waals surface area (Å²) in [6, 6.07) is 2.67. The zero-order chi connectivity index (χ0) is 35.2. The number of hydrogen-bond donors (Lipinski definition) is 4. The highest BCUT2D eigenvalue weighted by molar-refractivity contribution is 7.54. The van der Waals surface area contributed by atoms with Gasteiger partial charge in [-0.1, -0.05) is 37.0 Å². The molecule has 0 aliphatic carbocycles. The van der Waals surface area contributed by atoms with E-state index in [2.05, 4.69) is 20.4 Å². The molecule has 252 valence electrons. The first kappa shape index (κ1) is 37.1. The number of ether oxygens (including phenoxy) is 2. The van der Waals surface area contributed by atoms with Crippen molar-refractivity contribution < 1.29 is 33.3 Å². The molecule has 3 atom stereocenters. The maximum atomic E-state index is 13.7. The van der Waals surface area contributed by atoms with Gasteiger partial charge in [0.05, 0.1) is 22.3 Å². The summed E-state index contributed by atoms with van der Waals surface area (Å²) < 4.78 is 31.3. The number of carboxylic acid groups (broad SMARTS) is 1. The third-order valence-electron chi connectivity index (χ3n) is 6.07. The molecule has 2 aromatic heterocycles. The van der Waals surface area contributed by atoms with E-state index in [0.29, 0.717) is 4.68 Å². The molecular weight excluding hydrogens is 686 g/mol. The number of halogens is 2. The number of hydrogen-bond acceptors (Lipinski definition) is 12. The van der Waals surface area contributed by atoms with Gasteiger partial charge in [0.1, 0.15) is 18.2 Å². The number of H-pyrrole nitrogens is 1. The molecule has 0 bridgehead atoms. The molecule has 0 saturated heterocycles. The van der Waals surface area contributed by atoms with Crippen molar-refractivity contribution >= 4 is 42.8 Å². The Labute approximate surface area is 275 Å². The average molecular weight is 715 g/mol. The molecule has 0 radical (unpaired) electrons. The molecule has 1 aromatic carbocycles. The third kappa shape index (κ3) is 9.13. The van der Waals surface area contributed by atoms with Crippen molar-refractivity contribution in [3.05, 3.63) is 70.7 Å². The number of benzene rings is 1. The number of rotatable bonds is 14. The Hall–Kier alpha value is -4.37. The Morgan fingerprint density at radius 3 is 2.26 bits per heavy atom. The molecule has 0 aliphatic rings. The molecule has 0 saturated carbocycles. The fourth-order valence-electron chi connectivity index (χ4n) is 3.74. The van der Waals surface area contributed by atoms with E-state index >= 15 is 0 Å². The molecule has 18 nitrogen and oxygen atoms in total. The van der Waals surface area contributed by atoms with Gasteiger partial charge in [-0.25, -0.2) is 15.0 Å². The highest BCUT2D eigenvalue weighted by Crippen LogP contribution is 2.40.